The van der Waals surface area contributed by atoms with Gasteiger partial charge in [0.15, 0.2) is 0 Å². The molecule has 1 saturated carbocycles. The smallest absolute Gasteiger partial charge is 0.0326 e. The summed E-state index contributed by atoms with van der Waals surface area (Å²) in [5.41, 5.74) is 2.84. The first kappa shape index (κ1) is 14.3. The van der Waals surface area contributed by atoms with Gasteiger partial charge in [0, 0.05) is 18.6 Å². The zero-order valence-corrected chi connectivity index (χ0v) is 13.1. The van der Waals surface area contributed by atoms with E-state index in [1.807, 2.05) is 0 Å². The molecule has 0 bridgehead atoms. The normalized spacial score (nSPS) is 22.2. The van der Waals surface area contributed by atoms with Crippen LogP contribution in [0.15, 0.2) is 60.7 Å². The van der Waals surface area contributed by atoms with Crippen molar-refractivity contribution in [2.24, 2.45) is 5.92 Å². The van der Waals surface area contributed by atoms with Gasteiger partial charge in [0.1, 0.15) is 0 Å². The van der Waals surface area contributed by atoms with Crippen molar-refractivity contribution in [3.8, 4) is 0 Å². The zero-order chi connectivity index (χ0) is 14.7. The van der Waals surface area contributed by atoms with Crippen LogP contribution >= 0.6 is 0 Å². The van der Waals surface area contributed by atoms with Crippen LogP contribution in [-0.2, 0) is 6.54 Å². The molecule has 0 aliphatic heterocycles. The molecule has 0 heterocycles. The van der Waals surface area contributed by atoms with Crippen molar-refractivity contribution in [3.05, 3.63) is 71.8 Å². The third kappa shape index (κ3) is 3.36. The van der Waals surface area contributed by atoms with Crippen LogP contribution in [-0.4, -0.2) is 10.9 Å². The first-order valence-corrected chi connectivity index (χ1v) is 8.14. The number of hydrogen-bond donors (Lipinski definition) is 0. The Morgan fingerprint density at radius 1 is 1.00 bits per heavy atom. The SMILES string of the molecule is CC[C@@H]1C[C@H]1N(Cc1ccccc1)[C@H](C)c1ccccc1. The zero-order valence-electron chi connectivity index (χ0n) is 13.1. The topological polar surface area (TPSA) is 3.24 Å². The van der Waals surface area contributed by atoms with E-state index in [9.17, 15) is 0 Å². The summed E-state index contributed by atoms with van der Waals surface area (Å²) in [6, 6.07) is 23.0. The number of rotatable bonds is 6. The van der Waals surface area contributed by atoms with Crippen molar-refractivity contribution in [1.82, 2.24) is 4.90 Å². The fraction of sp³-hybridized carbons (Fsp3) is 0.400. The Hall–Kier alpha value is -1.60. The summed E-state index contributed by atoms with van der Waals surface area (Å²) in [4.78, 5) is 2.69. The average molecular weight is 279 g/mol. The van der Waals surface area contributed by atoms with E-state index < -0.39 is 0 Å². The van der Waals surface area contributed by atoms with Crippen LogP contribution in [0.5, 0.6) is 0 Å². The molecule has 2 aromatic rings. The molecule has 1 heteroatoms. The number of nitrogens with zero attached hydrogens (tertiary/aromatic N) is 1. The lowest BCUT2D eigenvalue weighted by molar-refractivity contribution is 0.180. The number of benzene rings is 2. The van der Waals surface area contributed by atoms with Gasteiger partial charge in [-0.05, 0) is 30.4 Å². The second-order valence-corrected chi connectivity index (χ2v) is 6.22. The predicted molar refractivity (Wildman–Crippen MR) is 89.0 cm³/mol. The Labute approximate surface area is 128 Å². The molecule has 110 valence electrons. The third-order valence-electron chi connectivity index (χ3n) is 4.82. The fourth-order valence-electron chi connectivity index (χ4n) is 3.34. The number of hydrogen-bond acceptors (Lipinski definition) is 1. The molecule has 3 atom stereocenters. The van der Waals surface area contributed by atoms with E-state index in [1.54, 1.807) is 0 Å². The van der Waals surface area contributed by atoms with Crippen molar-refractivity contribution >= 4 is 0 Å². The summed E-state index contributed by atoms with van der Waals surface area (Å²) >= 11 is 0. The van der Waals surface area contributed by atoms with Crippen LogP contribution in [0, 0.1) is 5.92 Å². The molecule has 0 saturated heterocycles. The third-order valence-corrected chi connectivity index (χ3v) is 4.82. The van der Waals surface area contributed by atoms with Crippen molar-refractivity contribution in [3.63, 3.8) is 0 Å². The molecule has 2 aromatic carbocycles. The minimum Gasteiger partial charge on any atom is -0.289 e. The van der Waals surface area contributed by atoms with Gasteiger partial charge in [-0.2, -0.15) is 0 Å². The molecule has 0 spiro atoms. The van der Waals surface area contributed by atoms with Gasteiger partial charge in [0.05, 0.1) is 0 Å². The highest BCUT2D eigenvalue weighted by Crippen LogP contribution is 2.42. The average Bonchev–Trinajstić information content (AvgIpc) is 3.33. The minimum atomic E-state index is 0.480. The van der Waals surface area contributed by atoms with Crippen molar-refractivity contribution in [2.75, 3.05) is 0 Å². The molecule has 1 aliphatic rings. The van der Waals surface area contributed by atoms with Crippen LogP contribution < -0.4 is 0 Å². The Morgan fingerprint density at radius 3 is 2.19 bits per heavy atom. The van der Waals surface area contributed by atoms with E-state index in [1.165, 1.54) is 24.0 Å². The maximum atomic E-state index is 2.69. The van der Waals surface area contributed by atoms with Gasteiger partial charge in [-0.15, -0.1) is 0 Å². The van der Waals surface area contributed by atoms with E-state index in [2.05, 4.69) is 79.4 Å². The van der Waals surface area contributed by atoms with Gasteiger partial charge < -0.3 is 0 Å². The first-order chi connectivity index (χ1) is 10.3. The quantitative estimate of drug-likeness (QED) is 0.715. The summed E-state index contributed by atoms with van der Waals surface area (Å²) in [5.74, 6) is 0.889. The molecule has 0 aromatic heterocycles. The lowest BCUT2D eigenvalue weighted by Gasteiger charge is -2.30. The van der Waals surface area contributed by atoms with E-state index in [0.29, 0.717) is 6.04 Å². The van der Waals surface area contributed by atoms with Gasteiger partial charge in [-0.25, -0.2) is 0 Å². The molecule has 0 amide bonds. The molecule has 0 unspecified atom stereocenters. The van der Waals surface area contributed by atoms with E-state index in [-0.39, 0.29) is 0 Å². The fourth-order valence-corrected chi connectivity index (χ4v) is 3.34. The first-order valence-electron chi connectivity index (χ1n) is 8.14. The Kier molecular flexibility index (Phi) is 4.40. The maximum absolute atomic E-state index is 2.69. The van der Waals surface area contributed by atoms with Gasteiger partial charge in [0.25, 0.3) is 0 Å². The molecular formula is C20H25N. The predicted octanol–water partition coefficient (Wildman–Crippen LogP) is 5.05. The van der Waals surface area contributed by atoms with E-state index >= 15 is 0 Å². The van der Waals surface area contributed by atoms with Gasteiger partial charge in [-0.3, -0.25) is 4.90 Å². The Bertz CT molecular complexity index is 549. The standard InChI is InChI=1S/C20H25N/c1-3-18-14-20(18)21(15-17-10-6-4-7-11-17)16(2)19-12-8-5-9-13-19/h4-13,16,18,20H,3,14-15H2,1-2H3/t16-,18-,20-/m1/s1. The van der Waals surface area contributed by atoms with Crippen LogP contribution in [0.3, 0.4) is 0 Å². The summed E-state index contributed by atoms with van der Waals surface area (Å²) in [5, 5.41) is 0. The highest BCUT2D eigenvalue weighted by molar-refractivity contribution is 5.21. The summed E-state index contributed by atoms with van der Waals surface area (Å²) < 4.78 is 0. The van der Waals surface area contributed by atoms with Crippen LogP contribution in [0.4, 0.5) is 0 Å². The summed E-state index contributed by atoms with van der Waals surface area (Å²) in [7, 11) is 0. The lowest BCUT2D eigenvalue weighted by atomic mass is 10.1. The van der Waals surface area contributed by atoms with Crippen molar-refractivity contribution in [2.45, 2.75) is 45.3 Å². The Morgan fingerprint density at radius 2 is 1.62 bits per heavy atom. The Balaban J connectivity index is 1.79. The van der Waals surface area contributed by atoms with Gasteiger partial charge in [-0.1, -0.05) is 74.0 Å². The molecule has 0 radical (unpaired) electrons. The van der Waals surface area contributed by atoms with Crippen LogP contribution in [0.2, 0.25) is 0 Å². The summed E-state index contributed by atoms with van der Waals surface area (Å²) in [6.07, 6.45) is 2.66. The highest BCUT2D eigenvalue weighted by atomic mass is 15.2. The van der Waals surface area contributed by atoms with E-state index in [4.69, 9.17) is 0 Å². The molecule has 3 rings (SSSR count). The largest absolute Gasteiger partial charge is 0.289 e. The second-order valence-electron chi connectivity index (χ2n) is 6.22. The molecule has 1 fully saturated rings. The monoisotopic (exact) mass is 279 g/mol. The van der Waals surface area contributed by atoms with Gasteiger partial charge >= 0.3 is 0 Å². The minimum absolute atomic E-state index is 0.480. The second kappa shape index (κ2) is 6.44. The molecule has 0 N–H and O–H groups in total. The lowest BCUT2D eigenvalue weighted by Crippen LogP contribution is -2.30. The molecule has 21 heavy (non-hydrogen) atoms. The van der Waals surface area contributed by atoms with Crippen LogP contribution in [0.1, 0.15) is 43.9 Å². The van der Waals surface area contributed by atoms with Crippen molar-refractivity contribution < 1.29 is 0 Å². The maximum Gasteiger partial charge on any atom is 0.0326 e. The molecular weight excluding hydrogens is 254 g/mol. The molecule has 1 nitrogen and oxygen atoms in total. The van der Waals surface area contributed by atoms with Crippen LogP contribution in [0.25, 0.3) is 0 Å². The van der Waals surface area contributed by atoms with E-state index in [0.717, 1.165) is 18.5 Å². The molecule has 1 aliphatic carbocycles. The summed E-state index contributed by atoms with van der Waals surface area (Å²) in [6.45, 7) is 5.72. The van der Waals surface area contributed by atoms with Gasteiger partial charge in [0.2, 0.25) is 0 Å². The van der Waals surface area contributed by atoms with Crippen molar-refractivity contribution in [1.29, 1.82) is 0 Å². The highest BCUT2D eigenvalue weighted by Gasteiger charge is 2.42.